The minimum atomic E-state index is -0.857. The van der Waals surface area contributed by atoms with Crippen molar-refractivity contribution >= 4 is 18.4 Å². The van der Waals surface area contributed by atoms with E-state index in [0.717, 1.165) is 0 Å². The summed E-state index contributed by atoms with van der Waals surface area (Å²) in [6.07, 6.45) is 2.20. The third-order valence-electron chi connectivity index (χ3n) is 0.906. The molecule has 1 atom stereocenters. The maximum Gasteiger partial charge on any atom is 0.304 e. The minimum absolute atomic E-state index is 0. The Morgan fingerprint density at radius 3 is 2.60 bits per heavy atom. The molecule has 0 saturated heterocycles. The van der Waals surface area contributed by atoms with Crippen molar-refractivity contribution in [1.29, 1.82) is 0 Å². The molecule has 0 amide bonds. The number of carboxylic acids is 1. The summed E-state index contributed by atoms with van der Waals surface area (Å²) >= 11 is 0. The number of carboxylic acid groups (broad SMARTS) is 1. The van der Waals surface area contributed by atoms with Gasteiger partial charge in [0.05, 0.1) is 6.42 Å². The normalized spacial score (nSPS) is 11.3. The summed E-state index contributed by atoms with van der Waals surface area (Å²) in [5.74, 6) is -0.857. The highest BCUT2D eigenvalue weighted by molar-refractivity contribution is 5.85. The van der Waals surface area contributed by atoms with Gasteiger partial charge in [0, 0.05) is 6.04 Å². The van der Waals surface area contributed by atoms with Crippen molar-refractivity contribution in [3.8, 4) is 0 Å². The molecule has 0 aliphatic rings. The molecule has 4 heteroatoms. The van der Waals surface area contributed by atoms with E-state index in [0.29, 0.717) is 6.42 Å². The van der Waals surface area contributed by atoms with E-state index in [1.54, 1.807) is 6.08 Å². The minimum Gasteiger partial charge on any atom is -0.481 e. The number of halogens is 1. The topological polar surface area (TPSA) is 63.3 Å². The molecule has 0 aromatic heterocycles. The van der Waals surface area contributed by atoms with Crippen molar-refractivity contribution < 1.29 is 9.90 Å². The first-order valence-electron chi connectivity index (χ1n) is 2.75. The highest BCUT2D eigenvalue weighted by atomic mass is 35.5. The molecule has 0 saturated carbocycles. The number of aliphatic carboxylic acids is 1. The fourth-order valence-corrected chi connectivity index (χ4v) is 0.522. The van der Waals surface area contributed by atoms with Crippen LogP contribution < -0.4 is 5.73 Å². The van der Waals surface area contributed by atoms with Crippen LogP contribution in [-0.2, 0) is 4.79 Å². The van der Waals surface area contributed by atoms with Crippen LogP contribution in [0.1, 0.15) is 12.8 Å². The lowest BCUT2D eigenvalue weighted by atomic mass is 10.1. The molecular weight excluding hydrogens is 154 g/mol. The predicted octanol–water partition coefficient (Wildman–Crippen LogP) is 0.786. The lowest BCUT2D eigenvalue weighted by molar-refractivity contribution is -0.137. The van der Waals surface area contributed by atoms with Crippen molar-refractivity contribution in [3.05, 3.63) is 12.7 Å². The van der Waals surface area contributed by atoms with Crippen LogP contribution >= 0.6 is 12.4 Å². The molecule has 0 heterocycles. The zero-order chi connectivity index (χ0) is 7.28. The first kappa shape index (κ1) is 12.2. The van der Waals surface area contributed by atoms with Gasteiger partial charge in [0.25, 0.3) is 0 Å². The lowest BCUT2D eigenvalue weighted by Crippen LogP contribution is -2.22. The van der Waals surface area contributed by atoms with Gasteiger partial charge in [-0.3, -0.25) is 4.79 Å². The van der Waals surface area contributed by atoms with Crippen molar-refractivity contribution in [2.45, 2.75) is 18.9 Å². The standard InChI is InChI=1S/C6H11NO2.ClH/c1-2-3-5(7)4-6(8)9;/h2,5H,1,3-4,7H2,(H,8,9);1H/t5-;/m0./s1. The van der Waals surface area contributed by atoms with E-state index in [4.69, 9.17) is 10.8 Å². The molecule has 0 spiro atoms. The summed E-state index contributed by atoms with van der Waals surface area (Å²) < 4.78 is 0. The Balaban J connectivity index is 0. The van der Waals surface area contributed by atoms with E-state index >= 15 is 0 Å². The smallest absolute Gasteiger partial charge is 0.304 e. The zero-order valence-corrected chi connectivity index (χ0v) is 6.43. The monoisotopic (exact) mass is 165 g/mol. The molecule has 0 aliphatic carbocycles. The van der Waals surface area contributed by atoms with Gasteiger partial charge in [-0.2, -0.15) is 0 Å². The quantitative estimate of drug-likeness (QED) is 0.606. The molecule has 0 rings (SSSR count). The second kappa shape index (κ2) is 6.58. The van der Waals surface area contributed by atoms with Gasteiger partial charge >= 0.3 is 5.97 Å². The van der Waals surface area contributed by atoms with E-state index in [-0.39, 0.29) is 24.9 Å². The van der Waals surface area contributed by atoms with Crippen molar-refractivity contribution in [1.82, 2.24) is 0 Å². The Hall–Kier alpha value is -0.540. The molecule has 0 unspecified atom stereocenters. The third-order valence-corrected chi connectivity index (χ3v) is 0.906. The molecular formula is C6H12ClNO2. The van der Waals surface area contributed by atoms with Gasteiger partial charge in [0.1, 0.15) is 0 Å². The fraction of sp³-hybridized carbons (Fsp3) is 0.500. The molecule has 3 nitrogen and oxygen atoms in total. The first-order valence-corrected chi connectivity index (χ1v) is 2.75. The molecule has 60 valence electrons. The van der Waals surface area contributed by atoms with Crippen LogP contribution in [0.15, 0.2) is 12.7 Å². The van der Waals surface area contributed by atoms with Gasteiger partial charge in [-0.05, 0) is 6.42 Å². The summed E-state index contributed by atoms with van der Waals surface area (Å²) in [5, 5.41) is 8.20. The Morgan fingerprint density at radius 1 is 1.80 bits per heavy atom. The largest absolute Gasteiger partial charge is 0.481 e. The summed E-state index contributed by atoms with van der Waals surface area (Å²) in [6.45, 7) is 3.44. The molecule has 0 fully saturated rings. The van der Waals surface area contributed by atoms with Crippen LogP contribution in [0.25, 0.3) is 0 Å². The van der Waals surface area contributed by atoms with Crippen LogP contribution in [0.3, 0.4) is 0 Å². The van der Waals surface area contributed by atoms with Gasteiger partial charge in [-0.1, -0.05) is 6.08 Å². The highest BCUT2D eigenvalue weighted by Crippen LogP contribution is 1.93. The van der Waals surface area contributed by atoms with E-state index in [9.17, 15) is 4.79 Å². The van der Waals surface area contributed by atoms with Gasteiger partial charge in [0.2, 0.25) is 0 Å². The average Bonchev–Trinajstić information content (AvgIpc) is 1.63. The molecule has 0 aliphatic heterocycles. The van der Waals surface area contributed by atoms with Crippen molar-refractivity contribution in [2.75, 3.05) is 0 Å². The van der Waals surface area contributed by atoms with Crippen LogP contribution in [-0.4, -0.2) is 17.1 Å². The van der Waals surface area contributed by atoms with Crippen LogP contribution in [0.2, 0.25) is 0 Å². The van der Waals surface area contributed by atoms with Crippen molar-refractivity contribution in [3.63, 3.8) is 0 Å². The number of nitrogens with two attached hydrogens (primary N) is 1. The number of carbonyl (C=O) groups is 1. The summed E-state index contributed by atoms with van der Waals surface area (Å²) in [6, 6.07) is -0.278. The molecule has 0 radical (unpaired) electrons. The zero-order valence-electron chi connectivity index (χ0n) is 5.62. The van der Waals surface area contributed by atoms with Gasteiger partial charge in [-0.15, -0.1) is 19.0 Å². The van der Waals surface area contributed by atoms with E-state index in [1.165, 1.54) is 0 Å². The van der Waals surface area contributed by atoms with Crippen molar-refractivity contribution in [2.24, 2.45) is 5.73 Å². The second-order valence-electron chi connectivity index (χ2n) is 1.88. The van der Waals surface area contributed by atoms with Crippen LogP contribution in [0.4, 0.5) is 0 Å². The van der Waals surface area contributed by atoms with Gasteiger partial charge in [-0.25, -0.2) is 0 Å². The Bertz CT molecular complexity index is 116. The number of hydrogen-bond acceptors (Lipinski definition) is 2. The Labute approximate surface area is 66.3 Å². The molecule has 3 N–H and O–H groups in total. The van der Waals surface area contributed by atoms with Crippen LogP contribution in [0, 0.1) is 0 Å². The highest BCUT2D eigenvalue weighted by Gasteiger charge is 2.04. The summed E-state index contributed by atoms with van der Waals surface area (Å²) in [5.41, 5.74) is 5.33. The van der Waals surface area contributed by atoms with Gasteiger partial charge < -0.3 is 10.8 Å². The summed E-state index contributed by atoms with van der Waals surface area (Å²) in [4.78, 5) is 9.97. The van der Waals surface area contributed by atoms with E-state index in [2.05, 4.69) is 6.58 Å². The fourth-order valence-electron chi connectivity index (χ4n) is 0.522. The van der Waals surface area contributed by atoms with Crippen LogP contribution in [0.5, 0.6) is 0 Å². The Morgan fingerprint density at radius 2 is 2.30 bits per heavy atom. The first-order chi connectivity index (χ1) is 4.16. The lowest BCUT2D eigenvalue weighted by Gasteiger charge is -2.02. The Kier molecular flexibility index (Phi) is 8.00. The summed E-state index contributed by atoms with van der Waals surface area (Å²) in [7, 11) is 0. The maximum absolute atomic E-state index is 9.97. The number of rotatable bonds is 4. The van der Waals surface area contributed by atoms with E-state index < -0.39 is 5.97 Å². The molecule has 10 heavy (non-hydrogen) atoms. The predicted molar refractivity (Wildman–Crippen MR) is 42.3 cm³/mol. The maximum atomic E-state index is 9.97. The second-order valence-corrected chi connectivity index (χ2v) is 1.88. The third kappa shape index (κ3) is 7.46. The average molecular weight is 166 g/mol. The van der Waals surface area contributed by atoms with Gasteiger partial charge in [0.15, 0.2) is 0 Å². The van der Waals surface area contributed by atoms with E-state index in [1.807, 2.05) is 0 Å². The molecule has 0 aromatic carbocycles. The SMILES string of the molecule is C=CC[C@H](N)CC(=O)O.Cl. The molecule has 0 aromatic rings. The molecule has 0 bridgehead atoms. The number of hydrogen-bond donors (Lipinski definition) is 2.